The van der Waals surface area contributed by atoms with Gasteiger partial charge in [0, 0.05) is 12.1 Å². The number of aryl methyl sites for hydroxylation is 1. The molecule has 0 amide bonds. The number of nitrogens with one attached hydrogen (secondary N) is 1. The average Bonchev–Trinajstić information content (AvgIpc) is 2.88. The summed E-state index contributed by atoms with van der Waals surface area (Å²) in [5.41, 5.74) is 2.54. The van der Waals surface area contributed by atoms with Crippen molar-refractivity contribution >= 4 is 10.0 Å². The first-order valence-corrected chi connectivity index (χ1v) is 14.1. The second kappa shape index (κ2) is 12.4. The van der Waals surface area contributed by atoms with E-state index in [1.807, 2.05) is 18.2 Å². The van der Waals surface area contributed by atoms with E-state index in [4.69, 9.17) is 0 Å². The van der Waals surface area contributed by atoms with Gasteiger partial charge in [-0.3, -0.25) is 0 Å². The highest BCUT2D eigenvalue weighted by atomic mass is 32.2. The summed E-state index contributed by atoms with van der Waals surface area (Å²) in [5.74, 6) is 0.257. The van der Waals surface area contributed by atoms with Crippen LogP contribution in [0.2, 0.25) is 0 Å². The monoisotopic (exact) mass is 494 g/mol. The Hall–Kier alpha value is -2.54. The second-order valence-electron chi connectivity index (χ2n) is 9.42. The van der Waals surface area contributed by atoms with Crippen LogP contribution >= 0.6 is 0 Å². The molecule has 0 saturated carbocycles. The normalized spacial score (nSPS) is 15.3. The predicted octanol–water partition coefficient (Wildman–Crippen LogP) is 5.90. The maximum absolute atomic E-state index is 14.6. The molecule has 1 saturated heterocycles. The zero-order valence-corrected chi connectivity index (χ0v) is 21.0. The van der Waals surface area contributed by atoms with Crippen molar-refractivity contribution < 1.29 is 12.8 Å². The lowest BCUT2D eigenvalue weighted by Gasteiger charge is -2.32. The van der Waals surface area contributed by atoms with Crippen molar-refractivity contribution in [3.63, 3.8) is 0 Å². The van der Waals surface area contributed by atoms with Crippen LogP contribution in [0.3, 0.4) is 0 Å². The molecule has 0 aliphatic carbocycles. The Morgan fingerprint density at radius 2 is 1.57 bits per heavy atom. The Balaban J connectivity index is 1.16. The molecule has 0 spiro atoms. The molecule has 3 aromatic carbocycles. The third kappa shape index (κ3) is 7.47. The number of likely N-dealkylation sites (tertiary alicyclic amines) is 1. The van der Waals surface area contributed by atoms with E-state index in [1.165, 1.54) is 43.4 Å². The molecule has 1 fully saturated rings. The topological polar surface area (TPSA) is 49.4 Å². The minimum Gasteiger partial charge on any atom is -0.303 e. The van der Waals surface area contributed by atoms with Crippen LogP contribution in [0.5, 0.6) is 0 Å². The van der Waals surface area contributed by atoms with E-state index in [1.54, 1.807) is 12.1 Å². The van der Waals surface area contributed by atoms with E-state index < -0.39 is 15.8 Å². The van der Waals surface area contributed by atoms with Crippen LogP contribution in [-0.4, -0.2) is 39.5 Å². The van der Waals surface area contributed by atoms with Gasteiger partial charge in [0.25, 0.3) is 0 Å². The molecule has 1 heterocycles. The molecule has 0 bridgehead atoms. The van der Waals surface area contributed by atoms with Crippen molar-refractivity contribution in [3.05, 3.63) is 90.2 Å². The third-order valence-electron chi connectivity index (χ3n) is 6.91. The minimum atomic E-state index is -3.74. The molecular formula is C29H35FN2O2S. The molecule has 0 aromatic heterocycles. The number of nitrogens with zero attached hydrogens (tertiary/aromatic N) is 1. The van der Waals surface area contributed by atoms with Gasteiger partial charge in [-0.2, -0.15) is 0 Å². The molecule has 6 heteroatoms. The van der Waals surface area contributed by atoms with Crippen molar-refractivity contribution in [3.8, 4) is 11.1 Å². The van der Waals surface area contributed by atoms with Crippen LogP contribution in [-0.2, 0) is 16.4 Å². The molecule has 186 valence electrons. The molecule has 0 radical (unpaired) electrons. The van der Waals surface area contributed by atoms with Crippen LogP contribution in [0.25, 0.3) is 11.1 Å². The maximum atomic E-state index is 14.6. The number of hydrogen-bond donors (Lipinski definition) is 1. The van der Waals surface area contributed by atoms with Crippen LogP contribution in [0.1, 0.15) is 37.7 Å². The number of hydrogen-bond acceptors (Lipinski definition) is 3. The lowest BCUT2D eigenvalue weighted by atomic mass is 9.90. The molecule has 0 unspecified atom stereocenters. The zero-order valence-electron chi connectivity index (χ0n) is 20.2. The van der Waals surface area contributed by atoms with Crippen LogP contribution in [0.4, 0.5) is 4.39 Å². The molecule has 35 heavy (non-hydrogen) atoms. The van der Waals surface area contributed by atoms with Crippen LogP contribution in [0, 0.1) is 11.7 Å². The zero-order chi connectivity index (χ0) is 24.5. The lowest BCUT2D eigenvalue weighted by Crippen LogP contribution is -2.36. The van der Waals surface area contributed by atoms with Gasteiger partial charge in [-0.15, -0.1) is 0 Å². The largest absolute Gasteiger partial charge is 0.303 e. The van der Waals surface area contributed by atoms with Gasteiger partial charge in [0.1, 0.15) is 5.82 Å². The summed E-state index contributed by atoms with van der Waals surface area (Å²) < 4.78 is 42.5. The third-order valence-corrected chi connectivity index (χ3v) is 8.37. The Kier molecular flexibility index (Phi) is 9.07. The first kappa shape index (κ1) is 25.5. The molecule has 1 aliphatic rings. The van der Waals surface area contributed by atoms with Crippen molar-refractivity contribution in [1.29, 1.82) is 0 Å². The van der Waals surface area contributed by atoms with Gasteiger partial charge in [0.2, 0.25) is 10.0 Å². The van der Waals surface area contributed by atoms with Gasteiger partial charge in [-0.05, 0) is 80.9 Å². The molecule has 1 N–H and O–H groups in total. The highest BCUT2D eigenvalue weighted by Crippen LogP contribution is 2.25. The summed E-state index contributed by atoms with van der Waals surface area (Å²) in [4.78, 5) is 2.39. The summed E-state index contributed by atoms with van der Waals surface area (Å²) in [6, 6.07) is 23.9. The number of piperidine rings is 1. The van der Waals surface area contributed by atoms with E-state index >= 15 is 0 Å². The average molecular weight is 495 g/mol. The smallest absolute Gasteiger partial charge is 0.240 e. The second-order valence-corrected chi connectivity index (χ2v) is 11.2. The fourth-order valence-electron chi connectivity index (χ4n) is 4.85. The van der Waals surface area contributed by atoms with Crippen molar-refractivity contribution in [2.75, 3.05) is 26.2 Å². The summed E-state index contributed by atoms with van der Waals surface area (Å²) in [6.07, 6.45) is 6.84. The molecule has 4 nitrogen and oxygen atoms in total. The van der Waals surface area contributed by atoms with E-state index in [9.17, 15) is 12.8 Å². The van der Waals surface area contributed by atoms with Gasteiger partial charge in [0.05, 0.1) is 4.90 Å². The Morgan fingerprint density at radius 1 is 0.886 bits per heavy atom. The first-order valence-electron chi connectivity index (χ1n) is 12.6. The van der Waals surface area contributed by atoms with Crippen molar-refractivity contribution in [2.24, 2.45) is 5.92 Å². The van der Waals surface area contributed by atoms with Gasteiger partial charge >= 0.3 is 0 Å². The van der Waals surface area contributed by atoms with Gasteiger partial charge in [-0.25, -0.2) is 17.5 Å². The molecule has 1 aliphatic heterocycles. The van der Waals surface area contributed by atoms with Crippen LogP contribution < -0.4 is 4.72 Å². The summed E-state index contributed by atoms with van der Waals surface area (Å²) in [7, 11) is -3.74. The van der Waals surface area contributed by atoms with E-state index in [0.717, 1.165) is 50.0 Å². The molecule has 0 atom stereocenters. The van der Waals surface area contributed by atoms with Gasteiger partial charge in [0.15, 0.2) is 0 Å². The summed E-state index contributed by atoms with van der Waals surface area (Å²) in [5, 5.41) is 0. The van der Waals surface area contributed by atoms with Crippen LogP contribution in [0.15, 0.2) is 83.8 Å². The SMILES string of the molecule is O=S(=O)(NCCCN1CCC(CCCc2ccccc2)CC1)c1ccc(-c2ccccc2)c(F)c1. The van der Waals surface area contributed by atoms with E-state index in [-0.39, 0.29) is 4.90 Å². The summed E-state index contributed by atoms with van der Waals surface area (Å²) in [6.45, 7) is 3.38. The Bertz CT molecular complexity index is 1160. The Morgan fingerprint density at radius 3 is 2.26 bits per heavy atom. The summed E-state index contributed by atoms with van der Waals surface area (Å²) >= 11 is 0. The highest BCUT2D eigenvalue weighted by molar-refractivity contribution is 7.89. The highest BCUT2D eigenvalue weighted by Gasteiger charge is 2.20. The number of rotatable bonds is 11. The Labute approximate surface area is 209 Å². The quantitative estimate of drug-likeness (QED) is 0.338. The van der Waals surface area contributed by atoms with Gasteiger partial charge in [-0.1, -0.05) is 73.2 Å². The predicted molar refractivity (Wildman–Crippen MR) is 140 cm³/mol. The fourth-order valence-corrected chi connectivity index (χ4v) is 5.93. The number of halogens is 1. The van der Waals surface area contributed by atoms with E-state index in [0.29, 0.717) is 12.1 Å². The number of sulfonamides is 1. The molecular weight excluding hydrogens is 459 g/mol. The number of benzene rings is 3. The van der Waals surface area contributed by atoms with Gasteiger partial charge < -0.3 is 4.90 Å². The minimum absolute atomic E-state index is 0.0361. The van der Waals surface area contributed by atoms with E-state index in [2.05, 4.69) is 40.0 Å². The molecule has 4 rings (SSSR count). The lowest BCUT2D eigenvalue weighted by molar-refractivity contribution is 0.176. The maximum Gasteiger partial charge on any atom is 0.240 e. The molecule has 3 aromatic rings. The first-order chi connectivity index (χ1) is 17.0. The van der Waals surface area contributed by atoms with Crippen molar-refractivity contribution in [2.45, 2.75) is 43.4 Å². The van der Waals surface area contributed by atoms with Crippen molar-refractivity contribution in [1.82, 2.24) is 9.62 Å². The fraction of sp³-hybridized carbons (Fsp3) is 0.379. The standard InChI is InChI=1S/C29H35FN2O2S/c30-29-23-27(15-16-28(29)26-13-5-2-6-14-26)35(33,34)31-19-8-20-32-21-17-25(18-22-32)12-7-11-24-9-3-1-4-10-24/h1-6,9-10,13-16,23,25,31H,7-8,11-12,17-22H2.